The molecule has 2 N–H and O–H groups in total. The fraction of sp³-hybridized carbons (Fsp3) is 0.333. The molecule has 0 aliphatic carbocycles. The van der Waals surface area contributed by atoms with Gasteiger partial charge in [0.05, 0.1) is 14.2 Å². The molecule has 0 spiro atoms. The minimum absolute atomic E-state index is 0.0307. The lowest BCUT2D eigenvalue weighted by Crippen LogP contribution is -2.46. The number of ether oxygens (including phenoxy) is 2. The fourth-order valence-corrected chi connectivity index (χ4v) is 4.85. The Morgan fingerprint density at radius 3 is 2.37 bits per heavy atom. The van der Waals surface area contributed by atoms with Crippen LogP contribution >= 0.6 is 0 Å². The van der Waals surface area contributed by atoms with Gasteiger partial charge in [0.1, 0.15) is 6.54 Å². The number of carbonyl (C=O) groups is 2. The van der Waals surface area contributed by atoms with Crippen molar-refractivity contribution < 1.29 is 19.1 Å². The van der Waals surface area contributed by atoms with Gasteiger partial charge in [-0.15, -0.1) is 0 Å². The summed E-state index contributed by atoms with van der Waals surface area (Å²) in [4.78, 5) is 33.9. The van der Waals surface area contributed by atoms with Crippen molar-refractivity contribution in [3.05, 3.63) is 89.6 Å². The third-order valence-corrected chi connectivity index (χ3v) is 7.00. The minimum Gasteiger partial charge on any atom is -0.493 e. The molecule has 0 saturated heterocycles. The number of hydrogen-bond acceptors (Lipinski definition) is 4. The van der Waals surface area contributed by atoms with Crippen LogP contribution in [-0.2, 0) is 17.8 Å². The van der Waals surface area contributed by atoms with Gasteiger partial charge in [0.25, 0.3) is 0 Å². The Morgan fingerprint density at radius 2 is 1.66 bits per heavy atom. The van der Waals surface area contributed by atoms with Crippen LogP contribution in [0.5, 0.6) is 11.5 Å². The quantitative estimate of drug-likeness (QED) is 0.216. The number of fused-ring (bicyclic) bond motifs is 1. The molecule has 0 aliphatic heterocycles. The second-order valence-electron chi connectivity index (χ2n) is 10.7. The third kappa shape index (κ3) is 7.81. The SMILES string of the molecule is COc1ccc(CN(CCc2c[nH]c3ccccc23)C(=O)CN(CC(C)C)C(=O)Nc2ccc(C)cc2)cc1OC. The molecule has 1 aromatic heterocycles. The number of nitrogens with zero attached hydrogens (tertiary/aromatic N) is 2. The zero-order valence-corrected chi connectivity index (χ0v) is 24.6. The van der Waals surface area contributed by atoms with E-state index in [0.29, 0.717) is 43.2 Å². The van der Waals surface area contributed by atoms with Crippen LogP contribution in [-0.4, -0.2) is 60.6 Å². The van der Waals surface area contributed by atoms with Crippen LogP contribution in [0.4, 0.5) is 10.5 Å². The van der Waals surface area contributed by atoms with Gasteiger partial charge in [-0.25, -0.2) is 4.79 Å². The Labute approximate surface area is 242 Å². The molecule has 3 aromatic carbocycles. The van der Waals surface area contributed by atoms with Gasteiger partial charge in [-0.3, -0.25) is 4.79 Å². The van der Waals surface area contributed by atoms with E-state index in [1.807, 2.05) is 92.5 Å². The summed E-state index contributed by atoms with van der Waals surface area (Å²) in [5, 5.41) is 4.10. The van der Waals surface area contributed by atoms with Crippen molar-refractivity contribution in [1.29, 1.82) is 0 Å². The average molecular weight is 557 g/mol. The molecule has 0 saturated carbocycles. The smallest absolute Gasteiger partial charge is 0.322 e. The molecule has 8 nitrogen and oxygen atoms in total. The number of aryl methyl sites for hydroxylation is 1. The van der Waals surface area contributed by atoms with Gasteiger partial charge in [0.15, 0.2) is 11.5 Å². The maximum Gasteiger partial charge on any atom is 0.322 e. The molecule has 0 unspecified atom stereocenters. The Hall–Kier alpha value is -4.46. The maximum absolute atomic E-state index is 13.9. The van der Waals surface area contributed by atoms with Crippen LogP contribution in [0.3, 0.4) is 0 Å². The molecule has 4 rings (SSSR count). The highest BCUT2D eigenvalue weighted by Gasteiger charge is 2.23. The molecule has 0 atom stereocenters. The number of para-hydroxylation sites is 1. The molecule has 3 amide bonds. The van der Waals surface area contributed by atoms with Gasteiger partial charge in [-0.2, -0.15) is 0 Å². The molecule has 0 fully saturated rings. The Bertz CT molecular complexity index is 1460. The number of methoxy groups -OCH3 is 2. The molecule has 216 valence electrons. The predicted molar refractivity (Wildman–Crippen MR) is 164 cm³/mol. The van der Waals surface area contributed by atoms with Crippen molar-refractivity contribution in [3.63, 3.8) is 0 Å². The van der Waals surface area contributed by atoms with Crippen LogP contribution in [0.25, 0.3) is 10.9 Å². The van der Waals surface area contributed by atoms with Crippen molar-refractivity contribution in [2.75, 3.05) is 39.2 Å². The molecule has 0 radical (unpaired) electrons. The topological polar surface area (TPSA) is 86.9 Å². The van der Waals surface area contributed by atoms with Crippen molar-refractivity contribution in [1.82, 2.24) is 14.8 Å². The summed E-state index contributed by atoms with van der Waals surface area (Å²) in [6.07, 6.45) is 2.67. The number of carbonyl (C=O) groups excluding carboxylic acids is 2. The van der Waals surface area contributed by atoms with Gasteiger partial charge in [0, 0.05) is 42.4 Å². The van der Waals surface area contributed by atoms with E-state index in [2.05, 4.69) is 16.4 Å². The highest BCUT2D eigenvalue weighted by molar-refractivity contribution is 5.92. The van der Waals surface area contributed by atoms with Gasteiger partial charge in [-0.05, 0) is 60.7 Å². The number of aromatic nitrogens is 1. The molecular weight excluding hydrogens is 516 g/mol. The van der Waals surface area contributed by atoms with E-state index >= 15 is 0 Å². The molecular formula is C33H40N4O4. The number of benzene rings is 3. The Balaban J connectivity index is 1.55. The summed E-state index contributed by atoms with van der Waals surface area (Å²) >= 11 is 0. The van der Waals surface area contributed by atoms with E-state index in [9.17, 15) is 9.59 Å². The predicted octanol–water partition coefficient (Wildman–Crippen LogP) is 6.25. The molecule has 8 heteroatoms. The first-order valence-electron chi connectivity index (χ1n) is 13.9. The van der Waals surface area contributed by atoms with Crippen LogP contribution < -0.4 is 14.8 Å². The molecule has 41 heavy (non-hydrogen) atoms. The van der Waals surface area contributed by atoms with E-state index in [0.717, 1.165) is 27.6 Å². The Kier molecular flexibility index (Phi) is 9.90. The number of hydrogen-bond donors (Lipinski definition) is 2. The largest absolute Gasteiger partial charge is 0.493 e. The number of rotatable bonds is 12. The van der Waals surface area contributed by atoms with Gasteiger partial charge in [-0.1, -0.05) is 55.8 Å². The summed E-state index contributed by atoms with van der Waals surface area (Å²) in [5.41, 5.74) is 4.93. The number of amides is 3. The highest BCUT2D eigenvalue weighted by Crippen LogP contribution is 2.28. The molecule has 1 heterocycles. The van der Waals surface area contributed by atoms with Crippen LogP contribution in [0.2, 0.25) is 0 Å². The first-order chi connectivity index (χ1) is 19.8. The number of urea groups is 1. The van der Waals surface area contributed by atoms with E-state index < -0.39 is 0 Å². The Morgan fingerprint density at radius 1 is 0.927 bits per heavy atom. The van der Waals surface area contributed by atoms with E-state index in [4.69, 9.17) is 9.47 Å². The molecule has 0 aliphatic rings. The zero-order chi connectivity index (χ0) is 29.4. The van der Waals surface area contributed by atoms with Crippen molar-refractivity contribution in [2.45, 2.75) is 33.7 Å². The zero-order valence-electron chi connectivity index (χ0n) is 24.6. The fourth-order valence-electron chi connectivity index (χ4n) is 4.85. The lowest BCUT2D eigenvalue weighted by atomic mass is 10.1. The lowest BCUT2D eigenvalue weighted by Gasteiger charge is -2.29. The van der Waals surface area contributed by atoms with Crippen LogP contribution in [0, 0.1) is 12.8 Å². The summed E-state index contributed by atoms with van der Waals surface area (Å²) in [6.45, 7) is 7.36. The van der Waals surface area contributed by atoms with Crippen LogP contribution in [0.1, 0.15) is 30.5 Å². The average Bonchev–Trinajstić information content (AvgIpc) is 3.38. The van der Waals surface area contributed by atoms with Crippen molar-refractivity contribution in [3.8, 4) is 11.5 Å². The number of anilines is 1. The summed E-state index contributed by atoms with van der Waals surface area (Å²) < 4.78 is 10.9. The lowest BCUT2D eigenvalue weighted by molar-refractivity contribution is -0.132. The van der Waals surface area contributed by atoms with Gasteiger partial charge >= 0.3 is 6.03 Å². The maximum atomic E-state index is 13.9. The summed E-state index contributed by atoms with van der Waals surface area (Å²) in [5.74, 6) is 1.30. The number of H-pyrrole nitrogens is 1. The second kappa shape index (κ2) is 13.7. The standard InChI is InChI=1S/C33H40N4O4/c1-23(2)20-37(33(39)35-27-13-10-24(3)11-14-27)22-32(38)36(21-25-12-15-30(40-4)31(18-25)41-5)17-16-26-19-34-29-9-7-6-8-28(26)29/h6-15,18-19,23,34H,16-17,20-22H2,1-5H3,(H,35,39). The molecule has 0 bridgehead atoms. The summed E-state index contributed by atoms with van der Waals surface area (Å²) in [7, 11) is 3.19. The number of aromatic amines is 1. The normalized spacial score (nSPS) is 11.0. The van der Waals surface area contributed by atoms with E-state index in [1.54, 1.807) is 19.1 Å². The summed E-state index contributed by atoms with van der Waals surface area (Å²) in [6, 6.07) is 21.2. The molecule has 4 aromatic rings. The highest BCUT2D eigenvalue weighted by atomic mass is 16.5. The first-order valence-corrected chi connectivity index (χ1v) is 13.9. The minimum atomic E-state index is -0.293. The monoisotopic (exact) mass is 556 g/mol. The van der Waals surface area contributed by atoms with Crippen molar-refractivity contribution in [2.24, 2.45) is 5.92 Å². The van der Waals surface area contributed by atoms with Crippen LogP contribution in [0.15, 0.2) is 72.9 Å². The first kappa shape index (κ1) is 29.5. The van der Waals surface area contributed by atoms with E-state index in [1.165, 1.54) is 0 Å². The van der Waals surface area contributed by atoms with Gasteiger partial charge < -0.3 is 29.6 Å². The third-order valence-electron chi connectivity index (χ3n) is 7.00. The van der Waals surface area contributed by atoms with E-state index in [-0.39, 0.29) is 24.4 Å². The second-order valence-corrected chi connectivity index (χ2v) is 10.7. The number of nitrogens with one attached hydrogen (secondary N) is 2. The van der Waals surface area contributed by atoms with Crippen molar-refractivity contribution >= 4 is 28.5 Å². The van der Waals surface area contributed by atoms with Gasteiger partial charge in [0.2, 0.25) is 5.91 Å².